The lowest BCUT2D eigenvalue weighted by Crippen LogP contribution is -2.12. The van der Waals surface area contributed by atoms with Gasteiger partial charge in [-0.2, -0.15) is 5.26 Å². The number of rotatable bonds is 4. The van der Waals surface area contributed by atoms with Crippen LogP contribution in [0.3, 0.4) is 0 Å². The van der Waals surface area contributed by atoms with Crippen molar-refractivity contribution in [2.75, 3.05) is 4.72 Å². The first-order valence-corrected chi connectivity index (χ1v) is 7.98. The second kappa shape index (κ2) is 5.69. The monoisotopic (exact) mass is 343 g/mol. The summed E-state index contributed by atoms with van der Waals surface area (Å²) in [5.41, 5.74) is -0.249. The highest BCUT2D eigenvalue weighted by molar-refractivity contribution is 7.94. The second-order valence-electron chi connectivity index (χ2n) is 3.74. The van der Waals surface area contributed by atoms with Crippen molar-refractivity contribution in [1.29, 1.82) is 5.26 Å². The highest BCUT2D eigenvalue weighted by atomic mass is 35.5. The van der Waals surface area contributed by atoms with Crippen molar-refractivity contribution in [2.24, 2.45) is 0 Å². The molecule has 7 nitrogen and oxygen atoms in total. The van der Waals surface area contributed by atoms with Gasteiger partial charge in [0.2, 0.25) is 0 Å². The summed E-state index contributed by atoms with van der Waals surface area (Å²) in [5, 5.41) is 19.6. The molecular weight excluding hydrogens is 338 g/mol. The van der Waals surface area contributed by atoms with E-state index in [9.17, 15) is 18.5 Å². The quantitative estimate of drug-likeness (QED) is 0.677. The number of anilines is 1. The largest absolute Gasteiger partial charge is 0.300 e. The number of sulfonamides is 1. The predicted molar refractivity (Wildman–Crippen MR) is 77.9 cm³/mol. The van der Waals surface area contributed by atoms with Gasteiger partial charge < -0.3 is 0 Å². The van der Waals surface area contributed by atoms with Crippen molar-refractivity contribution in [2.45, 2.75) is 4.21 Å². The third-order valence-corrected chi connectivity index (χ3v) is 5.58. The molecule has 0 aliphatic heterocycles. The number of nitro groups is 1. The van der Waals surface area contributed by atoms with Gasteiger partial charge in [0.15, 0.2) is 4.34 Å². The van der Waals surface area contributed by atoms with Crippen LogP contribution in [0.4, 0.5) is 11.4 Å². The summed E-state index contributed by atoms with van der Waals surface area (Å²) < 4.78 is 26.0. The highest BCUT2D eigenvalue weighted by Crippen LogP contribution is 2.37. The van der Waals surface area contributed by atoms with Crippen LogP contribution in [0.25, 0.3) is 0 Å². The van der Waals surface area contributed by atoms with Crippen molar-refractivity contribution in [3.05, 3.63) is 50.3 Å². The van der Waals surface area contributed by atoms with Crippen molar-refractivity contribution in [3.8, 4) is 6.07 Å². The number of benzene rings is 1. The van der Waals surface area contributed by atoms with E-state index in [1.807, 2.05) is 6.07 Å². The van der Waals surface area contributed by atoms with E-state index in [1.165, 1.54) is 12.1 Å². The number of nitrogens with zero attached hydrogens (tertiary/aromatic N) is 2. The summed E-state index contributed by atoms with van der Waals surface area (Å²) >= 11 is 6.21. The van der Waals surface area contributed by atoms with Gasteiger partial charge in [-0.05, 0) is 12.1 Å². The first-order chi connectivity index (χ1) is 9.85. The molecule has 0 aliphatic carbocycles. The summed E-state index contributed by atoms with van der Waals surface area (Å²) in [6.07, 6.45) is 0. The lowest BCUT2D eigenvalue weighted by molar-refractivity contribution is -0.384. The van der Waals surface area contributed by atoms with Crippen molar-refractivity contribution in [1.82, 2.24) is 0 Å². The Morgan fingerprint density at radius 1 is 1.38 bits per heavy atom. The first kappa shape index (κ1) is 15.2. The normalized spacial score (nSPS) is 10.9. The van der Waals surface area contributed by atoms with Crippen LogP contribution in [0.15, 0.2) is 34.5 Å². The molecule has 1 N–H and O–H groups in total. The lowest BCUT2D eigenvalue weighted by atomic mass is 10.2. The van der Waals surface area contributed by atoms with E-state index >= 15 is 0 Å². The Morgan fingerprint density at radius 3 is 2.62 bits per heavy atom. The van der Waals surface area contributed by atoms with E-state index < -0.39 is 20.6 Å². The molecular formula is C11H6ClN3O4S2. The summed E-state index contributed by atoms with van der Waals surface area (Å²) in [4.78, 5) is 9.93. The average Bonchev–Trinajstić information content (AvgIpc) is 2.82. The maximum Gasteiger partial charge on any atom is 0.300 e. The van der Waals surface area contributed by atoms with Gasteiger partial charge in [0, 0.05) is 6.07 Å². The SMILES string of the molecule is N#Cc1ccccc1NS(=O)(=O)c1cc([N+](=O)[O-])c(Cl)s1. The minimum atomic E-state index is -4.05. The fourth-order valence-electron chi connectivity index (χ4n) is 1.46. The van der Waals surface area contributed by atoms with Crippen LogP contribution in [0.1, 0.15) is 5.56 Å². The molecule has 2 rings (SSSR count). The number of hydrogen-bond donors (Lipinski definition) is 1. The molecule has 0 fully saturated rings. The Kier molecular flexibility index (Phi) is 4.13. The maximum absolute atomic E-state index is 12.2. The van der Waals surface area contributed by atoms with Crippen LogP contribution in [0.5, 0.6) is 0 Å². The van der Waals surface area contributed by atoms with Crippen LogP contribution in [0.2, 0.25) is 4.34 Å². The van der Waals surface area contributed by atoms with Crippen LogP contribution in [-0.2, 0) is 10.0 Å². The summed E-state index contributed by atoms with van der Waals surface area (Å²) in [6.45, 7) is 0. The Balaban J connectivity index is 2.42. The van der Waals surface area contributed by atoms with Gasteiger partial charge in [0.25, 0.3) is 15.7 Å². The molecule has 0 atom stereocenters. The number of halogens is 1. The third-order valence-electron chi connectivity index (χ3n) is 2.40. The lowest BCUT2D eigenvalue weighted by Gasteiger charge is -2.06. The van der Waals surface area contributed by atoms with E-state index in [2.05, 4.69) is 4.72 Å². The molecule has 0 bridgehead atoms. The molecule has 1 heterocycles. The Bertz CT molecular complexity index is 855. The molecule has 1 aromatic heterocycles. The number of nitrogens with one attached hydrogen (secondary N) is 1. The number of nitriles is 1. The fourth-order valence-corrected chi connectivity index (χ4v) is 4.20. The van der Waals surface area contributed by atoms with Crippen molar-refractivity contribution in [3.63, 3.8) is 0 Å². The van der Waals surface area contributed by atoms with Crippen molar-refractivity contribution < 1.29 is 13.3 Å². The Labute approximate surface area is 128 Å². The molecule has 108 valence electrons. The number of para-hydroxylation sites is 1. The van der Waals surface area contributed by atoms with Crippen LogP contribution in [-0.4, -0.2) is 13.3 Å². The summed E-state index contributed by atoms with van der Waals surface area (Å²) in [6, 6.07) is 8.73. The molecule has 0 saturated carbocycles. The maximum atomic E-state index is 12.2. The van der Waals surface area contributed by atoms with Crippen LogP contribution in [0, 0.1) is 21.4 Å². The van der Waals surface area contributed by atoms with Gasteiger partial charge in [-0.25, -0.2) is 8.42 Å². The van der Waals surface area contributed by atoms with Gasteiger partial charge in [-0.1, -0.05) is 23.7 Å². The molecule has 0 saturated heterocycles. The predicted octanol–water partition coefficient (Wildman–Crippen LogP) is 2.98. The standard InChI is InChI=1S/C11H6ClN3O4S2/c12-11-9(15(16)17)5-10(20-11)21(18,19)14-8-4-2-1-3-7(8)6-13/h1-5,14H. The third kappa shape index (κ3) is 3.13. The van der Waals surface area contributed by atoms with Crippen LogP contribution >= 0.6 is 22.9 Å². The smallest absolute Gasteiger partial charge is 0.278 e. The molecule has 0 aliphatic rings. The molecule has 10 heteroatoms. The van der Waals surface area contributed by atoms with Gasteiger partial charge in [-0.3, -0.25) is 14.8 Å². The van der Waals surface area contributed by atoms with E-state index in [1.54, 1.807) is 12.1 Å². The summed E-state index contributed by atoms with van der Waals surface area (Å²) in [5.74, 6) is 0. The highest BCUT2D eigenvalue weighted by Gasteiger charge is 2.25. The zero-order valence-electron chi connectivity index (χ0n) is 10.1. The van der Waals surface area contributed by atoms with E-state index in [-0.39, 0.29) is 19.8 Å². The number of thiophene rings is 1. The molecule has 1 aromatic carbocycles. The minimum Gasteiger partial charge on any atom is -0.278 e. The molecule has 0 amide bonds. The molecule has 0 unspecified atom stereocenters. The first-order valence-electron chi connectivity index (χ1n) is 5.31. The Morgan fingerprint density at radius 2 is 2.05 bits per heavy atom. The zero-order chi connectivity index (χ0) is 15.6. The molecule has 0 spiro atoms. The Hall–Kier alpha value is -2.15. The minimum absolute atomic E-state index is 0.0900. The molecule has 0 radical (unpaired) electrons. The average molecular weight is 344 g/mol. The zero-order valence-corrected chi connectivity index (χ0v) is 12.5. The van der Waals surface area contributed by atoms with Gasteiger partial charge >= 0.3 is 0 Å². The fraction of sp³-hybridized carbons (Fsp3) is 0. The van der Waals surface area contributed by atoms with Gasteiger partial charge in [-0.15, -0.1) is 11.3 Å². The van der Waals surface area contributed by atoms with E-state index in [0.717, 1.165) is 6.07 Å². The van der Waals surface area contributed by atoms with Gasteiger partial charge in [0.1, 0.15) is 10.3 Å². The second-order valence-corrected chi connectivity index (χ2v) is 7.31. The molecule has 2 aromatic rings. The van der Waals surface area contributed by atoms with Crippen molar-refractivity contribution >= 4 is 44.3 Å². The van der Waals surface area contributed by atoms with E-state index in [0.29, 0.717) is 11.3 Å². The number of hydrogen-bond acceptors (Lipinski definition) is 6. The topological polar surface area (TPSA) is 113 Å². The summed E-state index contributed by atoms with van der Waals surface area (Å²) in [7, 11) is -4.05. The van der Waals surface area contributed by atoms with E-state index in [4.69, 9.17) is 16.9 Å². The van der Waals surface area contributed by atoms with Crippen LogP contribution < -0.4 is 4.72 Å². The molecule has 21 heavy (non-hydrogen) atoms. The van der Waals surface area contributed by atoms with Gasteiger partial charge in [0.05, 0.1) is 16.2 Å².